The SMILES string of the molecule is CC1COC[C@@H]1C. The fourth-order valence-electron chi connectivity index (χ4n) is 0.768. The third-order valence-corrected chi connectivity index (χ3v) is 1.73. The zero-order valence-corrected chi connectivity index (χ0v) is 4.98. The lowest BCUT2D eigenvalue weighted by atomic mass is 10.0. The Morgan fingerprint density at radius 2 is 1.57 bits per heavy atom. The summed E-state index contributed by atoms with van der Waals surface area (Å²) in [4.78, 5) is 0. The summed E-state index contributed by atoms with van der Waals surface area (Å²) < 4.78 is 5.17. The van der Waals surface area contributed by atoms with Crippen LogP contribution in [0.25, 0.3) is 0 Å². The molecule has 1 aliphatic heterocycles. The lowest BCUT2D eigenvalue weighted by molar-refractivity contribution is 0.183. The molecular weight excluding hydrogens is 88.1 g/mol. The van der Waals surface area contributed by atoms with Gasteiger partial charge in [-0.15, -0.1) is 0 Å². The van der Waals surface area contributed by atoms with Crippen LogP contribution in [-0.4, -0.2) is 13.2 Å². The van der Waals surface area contributed by atoms with Gasteiger partial charge in [0.2, 0.25) is 0 Å². The van der Waals surface area contributed by atoms with Gasteiger partial charge in [0.15, 0.2) is 0 Å². The molecule has 0 aliphatic carbocycles. The van der Waals surface area contributed by atoms with Crippen LogP contribution in [0.3, 0.4) is 0 Å². The average molecular weight is 100 g/mol. The maximum Gasteiger partial charge on any atom is 0.0495 e. The van der Waals surface area contributed by atoms with Gasteiger partial charge in [0, 0.05) is 13.2 Å². The van der Waals surface area contributed by atoms with Gasteiger partial charge < -0.3 is 4.74 Å². The first-order chi connectivity index (χ1) is 3.30. The molecule has 0 N–H and O–H groups in total. The third-order valence-electron chi connectivity index (χ3n) is 1.73. The van der Waals surface area contributed by atoms with Gasteiger partial charge >= 0.3 is 0 Å². The van der Waals surface area contributed by atoms with Gasteiger partial charge in [-0.2, -0.15) is 0 Å². The van der Waals surface area contributed by atoms with E-state index in [9.17, 15) is 0 Å². The standard InChI is InChI=1S/C6H12O/c1-5-3-7-4-6(5)2/h5-6H,3-4H2,1-2H3/t5-,6?/m0/s1. The summed E-state index contributed by atoms with van der Waals surface area (Å²) in [6, 6.07) is 0. The van der Waals surface area contributed by atoms with Gasteiger partial charge in [0.05, 0.1) is 0 Å². The van der Waals surface area contributed by atoms with E-state index in [1.54, 1.807) is 0 Å². The molecule has 1 fully saturated rings. The van der Waals surface area contributed by atoms with Crippen LogP contribution in [0, 0.1) is 11.8 Å². The van der Waals surface area contributed by atoms with E-state index in [4.69, 9.17) is 4.74 Å². The summed E-state index contributed by atoms with van der Waals surface area (Å²) in [5, 5.41) is 0. The van der Waals surface area contributed by atoms with Gasteiger partial charge in [0.25, 0.3) is 0 Å². The lowest BCUT2D eigenvalue weighted by Crippen LogP contribution is -2.01. The topological polar surface area (TPSA) is 9.23 Å². The molecule has 0 saturated carbocycles. The van der Waals surface area contributed by atoms with Crippen LogP contribution >= 0.6 is 0 Å². The molecule has 1 aliphatic rings. The van der Waals surface area contributed by atoms with Crippen molar-refractivity contribution in [1.29, 1.82) is 0 Å². The van der Waals surface area contributed by atoms with Crippen LogP contribution in [-0.2, 0) is 4.74 Å². The Morgan fingerprint density at radius 1 is 1.14 bits per heavy atom. The van der Waals surface area contributed by atoms with E-state index in [0.717, 1.165) is 25.0 Å². The van der Waals surface area contributed by atoms with E-state index in [2.05, 4.69) is 13.8 Å². The molecule has 1 heteroatoms. The highest BCUT2D eigenvalue weighted by Crippen LogP contribution is 2.17. The van der Waals surface area contributed by atoms with Crippen molar-refractivity contribution >= 4 is 0 Å². The minimum absolute atomic E-state index is 0.792. The van der Waals surface area contributed by atoms with Crippen LogP contribution in [0.5, 0.6) is 0 Å². The molecule has 0 bridgehead atoms. The highest BCUT2D eigenvalue weighted by molar-refractivity contribution is 4.65. The van der Waals surface area contributed by atoms with Gasteiger partial charge in [-0.25, -0.2) is 0 Å². The molecule has 0 spiro atoms. The van der Waals surface area contributed by atoms with Crippen molar-refractivity contribution in [1.82, 2.24) is 0 Å². The second-order valence-electron chi connectivity index (χ2n) is 2.49. The van der Waals surface area contributed by atoms with Crippen LogP contribution in [0.4, 0.5) is 0 Å². The minimum Gasteiger partial charge on any atom is -0.381 e. The van der Waals surface area contributed by atoms with E-state index in [1.807, 2.05) is 0 Å². The van der Waals surface area contributed by atoms with Gasteiger partial charge in [-0.05, 0) is 11.8 Å². The number of hydrogen-bond donors (Lipinski definition) is 0. The molecule has 42 valence electrons. The summed E-state index contributed by atoms with van der Waals surface area (Å²) in [6.45, 7) is 6.41. The molecule has 2 atom stereocenters. The third kappa shape index (κ3) is 0.942. The van der Waals surface area contributed by atoms with Gasteiger partial charge in [-0.3, -0.25) is 0 Å². The maximum absolute atomic E-state index is 5.17. The summed E-state index contributed by atoms with van der Waals surface area (Å²) >= 11 is 0. The van der Waals surface area contributed by atoms with E-state index >= 15 is 0 Å². The molecular formula is C6H12O. The Balaban J connectivity index is 2.33. The molecule has 1 heterocycles. The zero-order chi connectivity index (χ0) is 5.28. The molecule has 0 amide bonds. The summed E-state index contributed by atoms with van der Waals surface area (Å²) in [6.07, 6.45) is 0. The quantitative estimate of drug-likeness (QED) is 0.445. The van der Waals surface area contributed by atoms with Crippen molar-refractivity contribution in [2.75, 3.05) is 13.2 Å². The van der Waals surface area contributed by atoms with Crippen molar-refractivity contribution in [2.24, 2.45) is 11.8 Å². The van der Waals surface area contributed by atoms with Crippen molar-refractivity contribution < 1.29 is 4.74 Å². The monoisotopic (exact) mass is 100 g/mol. The molecule has 7 heavy (non-hydrogen) atoms. The van der Waals surface area contributed by atoms with Gasteiger partial charge in [-0.1, -0.05) is 13.8 Å². The highest BCUT2D eigenvalue weighted by atomic mass is 16.5. The normalized spacial score (nSPS) is 42.0. The highest BCUT2D eigenvalue weighted by Gasteiger charge is 2.18. The minimum atomic E-state index is 0.792. The van der Waals surface area contributed by atoms with Crippen LogP contribution in [0.15, 0.2) is 0 Å². The smallest absolute Gasteiger partial charge is 0.0495 e. The molecule has 0 aromatic carbocycles. The van der Waals surface area contributed by atoms with Crippen LogP contribution in [0.2, 0.25) is 0 Å². The lowest BCUT2D eigenvalue weighted by Gasteiger charge is -2.01. The second-order valence-corrected chi connectivity index (χ2v) is 2.49. The summed E-state index contributed by atoms with van der Waals surface area (Å²) in [5.41, 5.74) is 0. The summed E-state index contributed by atoms with van der Waals surface area (Å²) in [5.74, 6) is 1.58. The number of hydrogen-bond acceptors (Lipinski definition) is 1. The molecule has 0 radical (unpaired) electrons. The molecule has 1 nitrogen and oxygen atoms in total. The van der Waals surface area contributed by atoms with E-state index < -0.39 is 0 Å². The fraction of sp³-hybridized carbons (Fsp3) is 1.00. The van der Waals surface area contributed by atoms with Crippen LogP contribution < -0.4 is 0 Å². The molecule has 1 unspecified atom stereocenters. The van der Waals surface area contributed by atoms with Crippen molar-refractivity contribution in [2.45, 2.75) is 13.8 Å². The second kappa shape index (κ2) is 1.83. The average Bonchev–Trinajstić information content (AvgIpc) is 1.91. The zero-order valence-electron chi connectivity index (χ0n) is 4.98. The first-order valence-electron chi connectivity index (χ1n) is 2.88. The first kappa shape index (κ1) is 5.10. The van der Waals surface area contributed by atoms with E-state index in [0.29, 0.717) is 0 Å². The Bertz CT molecular complexity index is 53.2. The molecule has 0 aromatic rings. The fourth-order valence-corrected chi connectivity index (χ4v) is 0.768. The predicted molar refractivity (Wildman–Crippen MR) is 29.1 cm³/mol. The summed E-state index contributed by atoms with van der Waals surface area (Å²) in [7, 11) is 0. The van der Waals surface area contributed by atoms with Crippen molar-refractivity contribution in [3.8, 4) is 0 Å². The van der Waals surface area contributed by atoms with E-state index in [1.165, 1.54) is 0 Å². The Hall–Kier alpha value is -0.0400. The van der Waals surface area contributed by atoms with E-state index in [-0.39, 0.29) is 0 Å². The number of ether oxygens (including phenoxy) is 1. The Labute approximate surface area is 44.7 Å². The predicted octanol–water partition coefficient (Wildman–Crippen LogP) is 1.29. The first-order valence-corrected chi connectivity index (χ1v) is 2.88. The van der Waals surface area contributed by atoms with Crippen molar-refractivity contribution in [3.05, 3.63) is 0 Å². The Kier molecular flexibility index (Phi) is 1.33. The molecule has 0 aromatic heterocycles. The molecule has 1 saturated heterocycles. The number of rotatable bonds is 0. The molecule has 1 rings (SSSR count). The Morgan fingerprint density at radius 3 is 1.71 bits per heavy atom. The van der Waals surface area contributed by atoms with Crippen LogP contribution in [0.1, 0.15) is 13.8 Å². The van der Waals surface area contributed by atoms with Gasteiger partial charge in [0.1, 0.15) is 0 Å². The van der Waals surface area contributed by atoms with Crippen molar-refractivity contribution in [3.63, 3.8) is 0 Å². The maximum atomic E-state index is 5.17. The largest absolute Gasteiger partial charge is 0.381 e.